The molecule has 0 heterocycles. The van der Waals surface area contributed by atoms with E-state index in [1.807, 2.05) is 38.1 Å². The number of hydrogen-bond donors (Lipinski definition) is 3. The molecule has 2 aromatic carbocycles. The van der Waals surface area contributed by atoms with Crippen molar-refractivity contribution in [2.75, 3.05) is 25.0 Å². The molecule has 0 atom stereocenters. The molecule has 7 heteroatoms. The van der Waals surface area contributed by atoms with Crippen LogP contribution in [0.15, 0.2) is 48.5 Å². The van der Waals surface area contributed by atoms with E-state index in [1.165, 1.54) is 0 Å². The Bertz CT molecular complexity index is 836. The molecule has 0 aliphatic carbocycles. The third-order valence-electron chi connectivity index (χ3n) is 3.96. The first-order valence-electron chi connectivity index (χ1n) is 9.19. The van der Waals surface area contributed by atoms with Gasteiger partial charge in [-0.1, -0.05) is 37.3 Å². The van der Waals surface area contributed by atoms with Crippen LogP contribution in [-0.2, 0) is 16.0 Å². The summed E-state index contributed by atoms with van der Waals surface area (Å²) >= 11 is 0. The van der Waals surface area contributed by atoms with Crippen LogP contribution in [0.3, 0.4) is 0 Å². The van der Waals surface area contributed by atoms with Crippen molar-refractivity contribution in [3.8, 4) is 5.75 Å². The van der Waals surface area contributed by atoms with Crippen molar-refractivity contribution in [1.82, 2.24) is 10.6 Å². The molecule has 0 radical (unpaired) electrons. The number of para-hydroxylation sites is 2. The van der Waals surface area contributed by atoms with Crippen LogP contribution >= 0.6 is 0 Å². The monoisotopic (exact) mass is 383 g/mol. The van der Waals surface area contributed by atoms with Gasteiger partial charge in [0, 0.05) is 5.69 Å². The number of hydrogen-bond acceptors (Lipinski definition) is 4. The van der Waals surface area contributed by atoms with Crippen molar-refractivity contribution < 1.29 is 19.1 Å². The van der Waals surface area contributed by atoms with E-state index in [2.05, 4.69) is 16.0 Å². The summed E-state index contributed by atoms with van der Waals surface area (Å²) in [6.45, 7) is 3.84. The molecule has 0 unspecified atom stereocenters. The SMILES string of the molecule is CCOc1ccccc1C(=O)NCC(=O)NCC(=O)Nc1ccccc1CC. The van der Waals surface area contributed by atoms with Gasteiger partial charge in [-0.05, 0) is 37.1 Å². The summed E-state index contributed by atoms with van der Waals surface area (Å²) in [5.41, 5.74) is 2.10. The zero-order chi connectivity index (χ0) is 20.4. The second-order valence-electron chi connectivity index (χ2n) is 5.95. The Hall–Kier alpha value is -3.35. The van der Waals surface area contributed by atoms with E-state index >= 15 is 0 Å². The molecule has 2 rings (SSSR count). The molecule has 0 saturated carbocycles. The lowest BCUT2D eigenvalue weighted by molar-refractivity contribution is -0.123. The fourth-order valence-electron chi connectivity index (χ4n) is 2.58. The standard InChI is InChI=1S/C21H25N3O4/c1-3-15-9-5-7-11-17(15)24-20(26)14-22-19(25)13-23-21(27)16-10-6-8-12-18(16)28-4-2/h5-12H,3-4,13-14H2,1-2H3,(H,22,25)(H,23,27)(H,24,26). The lowest BCUT2D eigenvalue weighted by atomic mass is 10.1. The molecule has 148 valence electrons. The van der Waals surface area contributed by atoms with Crippen LogP contribution in [0, 0.1) is 0 Å². The molecule has 0 saturated heterocycles. The average molecular weight is 383 g/mol. The summed E-state index contributed by atoms with van der Waals surface area (Å²) in [5, 5.41) is 7.79. The van der Waals surface area contributed by atoms with E-state index in [1.54, 1.807) is 24.3 Å². The minimum Gasteiger partial charge on any atom is -0.493 e. The number of amides is 3. The molecule has 28 heavy (non-hydrogen) atoms. The van der Waals surface area contributed by atoms with Gasteiger partial charge in [0.1, 0.15) is 5.75 Å². The molecule has 0 fully saturated rings. The van der Waals surface area contributed by atoms with Crippen molar-refractivity contribution in [2.24, 2.45) is 0 Å². The third-order valence-corrected chi connectivity index (χ3v) is 3.96. The van der Waals surface area contributed by atoms with Gasteiger partial charge < -0.3 is 20.7 Å². The average Bonchev–Trinajstić information content (AvgIpc) is 2.71. The lowest BCUT2D eigenvalue weighted by Gasteiger charge is -2.11. The van der Waals surface area contributed by atoms with Crippen LogP contribution in [0.25, 0.3) is 0 Å². The van der Waals surface area contributed by atoms with Gasteiger partial charge in [-0.3, -0.25) is 14.4 Å². The maximum atomic E-state index is 12.2. The molecule has 0 aliphatic rings. The predicted octanol–water partition coefficient (Wildman–Crippen LogP) is 2.13. The number of carbonyl (C=O) groups excluding carboxylic acids is 3. The van der Waals surface area contributed by atoms with E-state index < -0.39 is 11.8 Å². The highest BCUT2D eigenvalue weighted by Crippen LogP contribution is 2.17. The zero-order valence-electron chi connectivity index (χ0n) is 16.1. The van der Waals surface area contributed by atoms with Crippen LogP contribution in [0.5, 0.6) is 5.75 Å². The molecule has 0 aliphatic heterocycles. The number of ether oxygens (including phenoxy) is 1. The summed E-state index contributed by atoms with van der Waals surface area (Å²) in [6.07, 6.45) is 0.790. The maximum absolute atomic E-state index is 12.2. The van der Waals surface area contributed by atoms with Gasteiger partial charge in [-0.25, -0.2) is 0 Å². The first kappa shape index (κ1) is 21.0. The van der Waals surface area contributed by atoms with E-state index in [0.717, 1.165) is 17.7 Å². The maximum Gasteiger partial charge on any atom is 0.255 e. The first-order valence-corrected chi connectivity index (χ1v) is 9.19. The van der Waals surface area contributed by atoms with Crippen molar-refractivity contribution in [2.45, 2.75) is 20.3 Å². The van der Waals surface area contributed by atoms with Crippen LogP contribution in [0.1, 0.15) is 29.8 Å². The summed E-state index contributed by atoms with van der Waals surface area (Å²) in [6, 6.07) is 14.3. The lowest BCUT2D eigenvalue weighted by Crippen LogP contribution is -2.40. The Morgan fingerprint density at radius 3 is 2.29 bits per heavy atom. The summed E-state index contributed by atoms with van der Waals surface area (Å²) < 4.78 is 5.41. The fourth-order valence-corrected chi connectivity index (χ4v) is 2.58. The normalized spacial score (nSPS) is 10.1. The molecular weight excluding hydrogens is 358 g/mol. The quantitative estimate of drug-likeness (QED) is 0.618. The topological polar surface area (TPSA) is 96.5 Å². The molecule has 0 spiro atoms. The van der Waals surface area contributed by atoms with Gasteiger partial charge in [-0.15, -0.1) is 0 Å². The van der Waals surface area contributed by atoms with Crippen LogP contribution in [0.4, 0.5) is 5.69 Å². The number of benzene rings is 2. The second kappa shape index (κ2) is 10.7. The van der Waals surface area contributed by atoms with Crippen molar-refractivity contribution >= 4 is 23.4 Å². The van der Waals surface area contributed by atoms with Crippen LogP contribution < -0.4 is 20.7 Å². The molecule has 2 aromatic rings. The summed E-state index contributed by atoms with van der Waals surface area (Å²) in [4.78, 5) is 36.2. The Labute approximate surface area is 164 Å². The van der Waals surface area contributed by atoms with Gasteiger partial charge in [0.2, 0.25) is 11.8 Å². The van der Waals surface area contributed by atoms with E-state index in [4.69, 9.17) is 4.74 Å². The minimum absolute atomic E-state index is 0.178. The van der Waals surface area contributed by atoms with Crippen LogP contribution in [0.2, 0.25) is 0 Å². The van der Waals surface area contributed by atoms with E-state index in [-0.39, 0.29) is 19.0 Å². The molecule has 0 bridgehead atoms. The number of aryl methyl sites for hydroxylation is 1. The highest BCUT2D eigenvalue weighted by atomic mass is 16.5. The Morgan fingerprint density at radius 2 is 1.54 bits per heavy atom. The second-order valence-corrected chi connectivity index (χ2v) is 5.95. The fraction of sp³-hybridized carbons (Fsp3) is 0.286. The molecule has 3 N–H and O–H groups in total. The first-order chi connectivity index (χ1) is 13.5. The summed E-state index contributed by atoms with van der Waals surface area (Å²) in [5.74, 6) is -0.749. The van der Waals surface area contributed by atoms with Gasteiger partial charge in [0.25, 0.3) is 5.91 Å². The molecule has 7 nitrogen and oxygen atoms in total. The Balaban J connectivity index is 1.79. The summed E-state index contributed by atoms with van der Waals surface area (Å²) in [7, 11) is 0. The third kappa shape index (κ3) is 6.12. The molecular formula is C21H25N3O4. The number of nitrogens with one attached hydrogen (secondary N) is 3. The van der Waals surface area contributed by atoms with Gasteiger partial charge in [-0.2, -0.15) is 0 Å². The number of anilines is 1. The molecule has 0 aromatic heterocycles. The predicted molar refractivity (Wildman–Crippen MR) is 107 cm³/mol. The Kier molecular flexibility index (Phi) is 8.02. The minimum atomic E-state index is -0.457. The van der Waals surface area contributed by atoms with Crippen molar-refractivity contribution in [1.29, 1.82) is 0 Å². The molecule has 3 amide bonds. The highest BCUT2D eigenvalue weighted by Gasteiger charge is 2.13. The largest absolute Gasteiger partial charge is 0.493 e. The highest BCUT2D eigenvalue weighted by molar-refractivity contribution is 5.99. The van der Waals surface area contributed by atoms with E-state index in [0.29, 0.717) is 17.9 Å². The van der Waals surface area contributed by atoms with Gasteiger partial charge in [0.05, 0.1) is 25.3 Å². The van der Waals surface area contributed by atoms with Crippen molar-refractivity contribution in [3.05, 3.63) is 59.7 Å². The van der Waals surface area contributed by atoms with Gasteiger partial charge in [0.15, 0.2) is 0 Å². The van der Waals surface area contributed by atoms with Gasteiger partial charge >= 0.3 is 0 Å². The number of carbonyl (C=O) groups is 3. The number of rotatable bonds is 9. The zero-order valence-corrected chi connectivity index (χ0v) is 16.1. The Morgan fingerprint density at radius 1 is 0.857 bits per heavy atom. The smallest absolute Gasteiger partial charge is 0.255 e. The van der Waals surface area contributed by atoms with E-state index in [9.17, 15) is 14.4 Å². The van der Waals surface area contributed by atoms with Crippen molar-refractivity contribution in [3.63, 3.8) is 0 Å². The van der Waals surface area contributed by atoms with Crippen LogP contribution in [-0.4, -0.2) is 37.4 Å².